The van der Waals surface area contributed by atoms with Gasteiger partial charge < -0.3 is 19.3 Å². The lowest BCUT2D eigenvalue weighted by atomic mass is 10.1. The molecule has 1 aliphatic heterocycles. The molecule has 2 heterocycles. The van der Waals surface area contributed by atoms with Crippen LogP contribution in [0.25, 0.3) is 10.9 Å². The Hall–Kier alpha value is -2.44. The van der Waals surface area contributed by atoms with Gasteiger partial charge in [-0.1, -0.05) is 23.2 Å². The van der Waals surface area contributed by atoms with E-state index >= 15 is 0 Å². The zero-order chi connectivity index (χ0) is 21.5. The molecule has 2 aliphatic rings. The van der Waals surface area contributed by atoms with Gasteiger partial charge in [-0.2, -0.15) is 0 Å². The van der Waals surface area contributed by atoms with E-state index in [1.54, 1.807) is 20.3 Å². The zero-order valence-electron chi connectivity index (χ0n) is 17.6. The molecule has 0 radical (unpaired) electrons. The van der Waals surface area contributed by atoms with E-state index in [4.69, 9.17) is 42.6 Å². The van der Waals surface area contributed by atoms with Crippen molar-refractivity contribution in [3.8, 4) is 11.5 Å². The highest BCUT2D eigenvalue weighted by Gasteiger charge is 2.30. The zero-order valence-corrected chi connectivity index (χ0v) is 19.1. The molecule has 3 aromatic rings. The maximum Gasteiger partial charge on any atom is 0.162 e. The molecule has 1 saturated carbocycles. The second-order valence-electron chi connectivity index (χ2n) is 7.97. The molecular formula is C23H24Cl2N4O2. The minimum absolute atomic E-state index is 0.463. The molecule has 0 N–H and O–H groups in total. The summed E-state index contributed by atoms with van der Waals surface area (Å²) < 4.78 is 11.0. The summed E-state index contributed by atoms with van der Waals surface area (Å²) in [5, 5.41) is 2.32. The van der Waals surface area contributed by atoms with E-state index in [1.165, 1.54) is 0 Å². The molecule has 0 spiro atoms. The van der Waals surface area contributed by atoms with E-state index in [9.17, 15) is 0 Å². The van der Waals surface area contributed by atoms with Gasteiger partial charge in [0.25, 0.3) is 0 Å². The van der Waals surface area contributed by atoms with Gasteiger partial charge in [-0.25, -0.2) is 9.97 Å². The van der Waals surface area contributed by atoms with Crippen LogP contribution in [0.15, 0.2) is 30.3 Å². The van der Waals surface area contributed by atoms with Crippen molar-refractivity contribution >= 4 is 45.6 Å². The van der Waals surface area contributed by atoms with E-state index in [2.05, 4.69) is 9.80 Å². The van der Waals surface area contributed by atoms with Gasteiger partial charge in [0, 0.05) is 48.6 Å². The minimum atomic E-state index is 0.463. The molecule has 5 rings (SSSR count). The molecule has 0 atom stereocenters. The van der Waals surface area contributed by atoms with Crippen molar-refractivity contribution in [2.45, 2.75) is 18.8 Å². The summed E-state index contributed by atoms with van der Waals surface area (Å²) in [4.78, 5) is 14.5. The number of methoxy groups -OCH3 is 2. The van der Waals surface area contributed by atoms with Crippen LogP contribution in [-0.2, 0) is 0 Å². The van der Waals surface area contributed by atoms with E-state index in [1.807, 2.05) is 24.3 Å². The first-order valence-corrected chi connectivity index (χ1v) is 11.2. The average molecular weight is 459 g/mol. The average Bonchev–Trinajstić information content (AvgIpc) is 3.63. The fourth-order valence-electron chi connectivity index (χ4n) is 4.12. The first-order valence-electron chi connectivity index (χ1n) is 10.5. The Morgan fingerprint density at radius 2 is 1.55 bits per heavy atom. The Morgan fingerprint density at radius 3 is 2.19 bits per heavy atom. The fraction of sp³-hybridized carbons (Fsp3) is 0.391. The molecule has 6 nitrogen and oxygen atoms in total. The number of anilines is 2. The molecule has 0 bridgehead atoms. The molecule has 1 aliphatic carbocycles. The van der Waals surface area contributed by atoms with Crippen LogP contribution in [0, 0.1) is 0 Å². The lowest BCUT2D eigenvalue weighted by molar-refractivity contribution is 0.355. The van der Waals surface area contributed by atoms with E-state index in [0.29, 0.717) is 27.5 Å². The summed E-state index contributed by atoms with van der Waals surface area (Å²) in [6.07, 6.45) is 2.31. The van der Waals surface area contributed by atoms with Crippen molar-refractivity contribution in [3.63, 3.8) is 0 Å². The van der Waals surface area contributed by atoms with Gasteiger partial charge in [0.15, 0.2) is 11.5 Å². The molecular weight excluding hydrogens is 435 g/mol. The highest BCUT2D eigenvalue weighted by molar-refractivity contribution is 6.36. The second-order valence-corrected chi connectivity index (χ2v) is 8.82. The highest BCUT2D eigenvalue weighted by Crippen LogP contribution is 2.42. The fourth-order valence-corrected chi connectivity index (χ4v) is 4.65. The molecule has 31 heavy (non-hydrogen) atoms. The first-order chi connectivity index (χ1) is 15.1. The topological polar surface area (TPSA) is 50.7 Å². The van der Waals surface area contributed by atoms with Gasteiger partial charge in [-0.05, 0) is 37.1 Å². The number of piperazine rings is 1. The van der Waals surface area contributed by atoms with Crippen LogP contribution in [0.4, 0.5) is 11.5 Å². The number of hydrogen-bond donors (Lipinski definition) is 0. The molecule has 1 saturated heterocycles. The first kappa shape index (κ1) is 20.5. The van der Waals surface area contributed by atoms with Gasteiger partial charge in [0.05, 0.1) is 30.4 Å². The van der Waals surface area contributed by atoms with Crippen molar-refractivity contribution in [2.24, 2.45) is 0 Å². The molecule has 2 aromatic carbocycles. The number of halogens is 2. The minimum Gasteiger partial charge on any atom is -0.493 e. The van der Waals surface area contributed by atoms with Crippen LogP contribution in [-0.4, -0.2) is 50.4 Å². The van der Waals surface area contributed by atoms with Crippen molar-refractivity contribution < 1.29 is 9.47 Å². The predicted molar refractivity (Wildman–Crippen MR) is 126 cm³/mol. The smallest absolute Gasteiger partial charge is 0.162 e. The van der Waals surface area contributed by atoms with Crippen LogP contribution < -0.4 is 19.3 Å². The monoisotopic (exact) mass is 458 g/mol. The Bertz CT molecular complexity index is 1130. The van der Waals surface area contributed by atoms with Crippen molar-refractivity contribution in [1.82, 2.24) is 9.97 Å². The SMILES string of the molecule is COc1cc2nc(C3CC3)nc(N3CCN(c4ccc(Cl)cc4Cl)CC3)c2cc1OC. The molecule has 0 amide bonds. The van der Waals surface area contributed by atoms with Crippen molar-refractivity contribution in [3.05, 3.63) is 46.2 Å². The number of aromatic nitrogens is 2. The molecule has 8 heteroatoms. The third-order valence-electron chi connectivity index (χ3n) is 5.97. The largest absolute Gasteiger partial charge is 0.493 e. The van der Waals surface area contributed by atoms with E-state index in [0.717, 1.165) is 67.3 Å². The van der Waals surface area contributed by atoms with E-state index < -0.39 is 0 Å². The van der Waals surface area contributed by atoms with Crippen LogP contribution in [0.5, 0.6) is 11.5 Å². The maximum absolute atomic E-state index is 6.43. The van der Waals surface area contributed by atoms with Crippen molar-refractivity contribution in [1.29, 1.82) is 0 Å². The molecule has 162 valence electrons. The van der Waals surface area contributed by atoms with E-state index in [-0.39, 0.29) is 0 Å². The normalized spacial score (nSPS) is 16.6. The number of nitrogens with zero attached hydrogens (tertiary/aromatic N) is 4. The summed E-state index contributed by atoms with van der Waals surface area (Å²) in [6.45, 7) is 3.37. The number of benzene rings is 2. The maximum atomic E-state index is 6.43. The summed E-state index contributed by atoms with van der Waals surface area (Å²) in [7, 11) is 3.30. The molecule has 1 aromatic heterocycles. The second kappa shape index (κ2) is 8.24. The van der Waals surface area contributed by atoms with Gasteiger partial charge in [0.2, 0.25) is 0 Å². The van der Waals surface area contributed by atoms with Gasteiger partial charge in [0.1, 0.15) is 11.6 Å². The standard InChI is InChI=1S/C23H24Cl2N4O2/c1-30-20-12-16-18(13-21(20)31-2)26-22(14-3-4-14)27-23(16)29-9-7-28(8-10-29)19-6-5-15(24)11-17(19)25/h5-6,11-14H,3-4,7-10H2,1-2H3. The Morgan fingerprint density at radius 1 is 0.871 bits per heavy atom. The van der Waals surface area contributed by atoms with Gasteiger partial charge in [-0.3, -0.25) is 0 Å². The van der Waals surface area contributed by atoms with Crippen molar-refractivity contribution in [2.75, 3.05) is 50.2 Å². The summed E-state index contributed by atoms with van der Waals surface area (Å²) in [5.74, 6) is 3.73. The van der Waals surface area contributed by atoms with Crippen LogP contribution in [0.2, 0.25) is 10.0 Å². The lowest BCUT2D eigenvalue weighted by Crippen LogP contribution is -2.47. The summed E-state index contributed by atoms with van der Waals surface area (Å²) in [5.41, 5.74) is 1.91. The lowest BCUT2D eigenvalue weighted by Gasteiger charge is -2.37. The number of ether oxygens (including phenoxy) is 2. The third-order valence-corrected chi connectivity index (χ3v) is 6.51. The summed E-state index contributed by atoms with van der Waals surface area (Å²) in [6, 6.07) is 9.61. The molecule has 0 unspecified atom stereocenters. The van der Waals surface area contributed by atoms with Gasteiger partial charge >= 0.3 is 0 Å². The number of rotatable bonds is 5. The highest BCUT2D eigenvalue weighted by atomic mass is 35.5. The Balaban J connectivity index is 1.48. The summed E-state index contributed by atoms with van der Waals surface area (Å²) >= 11 is 12.5. The van der Waals surface area contributed by atoms with Crippen LogP contribution in [0.1, 0.15) is 24.6 Å². The van der Waals surface area contributed by atoms with Crippen LogP contribution >= 0.6 is 23.2 Å². The Labute approximate surface area is 191 Å². The number of fused-ring (bicyclic) bond motifs is 1. The molecule has 2 fully saturated rings. The Kier molecular flexibility index (Phi) is 5.44. The third kappa shape index (κ3) is 3.94. The number of hydrogen-bond acceptors (Lipinski definition) is 6. The quantitative estimate of drug-likeness (QED) is 0.526. The van der Waals surface area contributed by atoms with Crippen LogP contribution in [0.3, 0.4) is 0 Å². The predicted octanol–water partition coefficient (Wildman–Crippen LogP) is 5.16. The van der Waals surface area contributed by atoms with Gasteiger partial charge in [-0.15, -0.1) is 0 Å².